The SMILES string of the molecule is CC(C)C1CCCC(N)(Cc2cccc(F)c2)CC1. The number of hydrogen-bond acceptors (Lipinski definition) is 1. The fraction of sp³-hybridized carbons (Fsp3) is 0.647. The van der Waals surface area contributed by atoms with Gasteiger partial charge in [0.2, 0.25) is 0 Å². The van der Waals surface area contributed by atoms with Crippen LogP contribution in [0.25, 0.3) is 0 Å². The molecular formula is C17H26FN. The lowest BCUT2D eigenvalue weighted by Gasteiger charge is -2.28. The first-order valence-electron chi connectivity index (χ1n) is 7.52. The van der Waals surface area contributed by atoms with E-state index in [0.29, 0.717) is 0 Å². The molecule has 1 fully saturated rings. The fourth-order valence-electron chi connectivity index (χ4n) is 3.36. The molecule has 1 aromatic rings. The van der Waals surface area contributed by atoms with Crippen molar-refractivity contribution in [2.45, 2.75) is 57.9 Å². The topological polar surface area (TPSA) is 26.0 Å². The number of benzene rings is 1. The number of nitrogens with two attached hydrogens (primary N) is 1. The maximum Gasteiger partial charge on any atom is 0.123 e. The maximum absolute atomic E-state index is 13.3. The first-order chi connectivity index (χ1) is 8.98. The predicted octanol–water partition coefficient (Wildman–Crippen LogP) is 4.30. The van der Waals surface area contributed by atoms with Gasteiger partial charge in [-0.25, -0.2) is 4.39 Å². The first kappa shape index (κ1) is 14.5. The second kappa shape index (κ2) is 6.04. The summed E-state index contributed by atoms with van der Waals surface area (Å²) in [7, 11) is 0. The number of rotatable bonds is 3. The molecule has 2 unspecified atom stereocenters. The minimum Gasteiger partial charge on any atom is -0.325 e. The molecule has 1 aliphatic rings. The predicted molar refractivity (Wildman–Crippen MR) is 78.4 cm³/mol. The first-order valence-corrected chi connectivity index (χ1v) is 7.52. The lowest BCUT2D eigenvalue weighted by Crippen LogP contribution is -2.41. The second-order valence-electron chi connectivity index (χ2n) is 6.60. The van der Waals surface area contributed by atoms with Crippen molar-refractivity contribution in [2.24, 2.45) is 17.6 Å². The van der Waals surface area contributed by atoms with E-state index in [4.69, 9.17) is 5.73 Å². The minimum absolute atomic E-state index is 0.141. The standard InChI is InChI=1S/C17H26FN/c1-13(2)15-6-4-9-17(19,10-8-15)12-14-5-3-7-16(18)11-14/h3,5,7,11,13,15H,4,6,8-10,12,19H2,1-2H3. The Labute approximate surface area is 116 Å². The molecule has 0 bridgehead atoms. The van der Waals surface area contributed by atoms with Crippen LogP contribution in [0.2, 0.25) is 0 Å². The van der Waals surface area contributed by atoms with Crippen LogP contribution >= 0.6 is 0 Å². The molecule has 0 saturated heterocycles. The van der Waals surface area contributed by atoms with E-state index in [0.717, 1.165) is 36.7 Å². The molecular weight excluding hydrogens is 237 g/mol. The Morgan fingerprint density at radius 1 is 1.32 bits per heavy atom. The van der Waals surface area contributed by atoms with Gasteiger partial charge in [0.1, 0.15) is 5.82 Å². The van der Waals surface area contributed by atoms with Crippen LogP contribution < -0.4 is 5.73 Å². The summed E-state index contributed by atoms with van der Waals surface area (Å²) in [5.74, 6) is 1.39. The van der Waals surface area contributed by atoms with Crippen LogP contribution in [0.3, 0.4) is 0 Å². The summed E-state index contributed by atoms with van der Waals surface area (Å²) < 4.78 is 13.3. The molecule has 1 nitrogen and oxygen atoms in total. The molecule has 19 heavy (non-hydrogen) atoms. The molecule has 2 atom stereocenters. The van der Waals surface area contributed by atoms with E-state index in [2.05, 4.69) is 13.8 Å². The van der Waals surface area contributed by atoms with Crippen LogP contribution in [-0.4, -0.2) is 5.54 Å². The van der Waals surface area contributed by atoms with Crippen LogP contribution in [0.15, 0.2) is 24.3 Å². The summed E-state index contributed by atoms with van der Waals surface area (Å²) in [6.07, 6.45) is 6.63. The number of hydrogen-bond donors (Lipinski definition) is 1. The normalized spacial score (nSPS) is 28.4. The van der Waals surface area contributed by atoms with Gasteiger partial charge in [-0.1, -0.05) is 38.8 Å². The summed E-state index contributed by atoms with van der Waals surface area (Å²) in [5.41, 5.74) is 7.47. The van der Waals surface area contributed by atoms with Crippen molar-refractivity contribution in [2.75, 3.05) is 0 Å². The molecule has 0 aliphatic heterocycles. The third-order valence-electron chi connectivity index (χ3n) is 4.65. The summed E-state index contributed by atoms with van der Waals surface area (Å²) in [4.78, 5) is 0. The molecule has 0 amide bonds. The molecule has 1 saturated carbocycles. The van der Waals surface area contributed by atoms with Gasteiger partial charge in [0.05, 0.1) is 0 Å². The van der Waals surface area contributed by atoms with Crippen molar-refractivity contribution in [1.29, 1.82) is 0 Å². The molecule has 0 heterocycles. The van der Waals surface area contributed by atoms with Gasteiger partial charge in [-0.2, -0.15) is 0 Å². The monoisotopic (exact) mass is 263 g/mol. The number of halogens is 1. The van der Waals surface area contributed by atoms with Gasteiger partial charge in [-0.05, 0) is 55.2 Å². The molecule has 106 valence electrons. The van der Waals surface area contributed by atoms with Crippen molar-refractivity contribution in [3.63, 3.8) is 0 Å². The van der Waals surface area contributed by atoms with Crippen LogP contribution in [0.4, 0.5) is 4.39 Å². The quantitative estimate of drug-likeness (QED) is 0.808. The van der Waals surface area contributed by atoms with Crippen molar-refractivity contribution in [3.8, 4) is 0 Å². The summed E-state index contributed by atoms with van der Waals surface area (Å²) in [5, 5.41) is 0. The maximum atomic E-state index is 13.3. The molecule has 1 aromatic carbocycles. The van der Waals surface area contributed by atoms with E-state index in [1.54, 1.807) is 12.1 Å². The Morgan fingerprint density at radius 3 is 2.79 bits per heavy atom. The van der Waals surface area contributed by atoms with Crippen LogP contribution in [-0.2, 0) is 6.42 Å². The second-order valence-corrected chi connectivity index (χ2v) is 6.60. The summed E-state index contributed by atoms with van der Waals surface area (Å²) in [6, 6.07) is 6.89. The van der Waals surface area contributed by atoms with E-state index in [1.165, 1.54) is 25.3 Å². The van der Waals surface area contributed by atoms with Crippen molar-refractivity contribution >= 4 is 0 Å². The van der Waals surface area contributed by atoms with Gasteiger partial charge in [0.15, 0.2) is 0 Å². The van der Waals surface area contributed by atoms with Gasteiger partial charge >= 0.3 is 0 Å². The Morgan fingerprint density at radius 2 is 2.11 bits per heavy atom. The third kappa shape index (κ3) is 4.04. The molecule has 2 rings (SSSR count). The van der Waals surface area contributed by atoms with E-state index in [1.807, 2.05) is 6.07 Å². The minimum atomic E-state index is -0.158. The van der Waals surface area contributed by atoms with Gasteiger partial charge in [0, 0.05) is 5.54 Å². The highest BCUT2D eigenvalue weighted by atomic mass is 19.1. The van der Waals surface area contributed by atoms with Gasteiger partial charge in [-0.3, -0.25) is 0 Å². The summed E-state index contributed by atoms with van der Waals surface area (Å²) >= 11 is 0. The van der Waals surface area contributed by atoms with Crippen LogP contribution in [0, 0.1) is 17.7 Å². The molecule has 0 aromatic heterocycles. The Hall–Kier alpha value is -0.890. The van der Waals surface area contributed by atoms with Gasteiger partial charge < -0.3 is 5.73 Å². The fourth-order valence-corrected chi connectivity index (χ4v) is 3.36. The average Bonchev–Trinajstić information content (AvgIpc) is 2.51. The zero-order valence-corrected chi connectivity index (χ0v) is 12.2. The molecule has 0 radical (unpaired) electrons. The van der Waals surface area contributed by atoms with Crippen molar-refractivity contribution in [1.82, 2.24) is 0 Å². The molecule has 2 heteroatoms. The Balaban J connectivity index is 2.02. The molecule has 1 aliphatic carbocycles. The summed E-state index contributed by atoms with van der Waals surface area (Å²) in [6.45, 7) is 4.61. The van der Waals surface area contributed by atoms with Crippen LogP contribution in [0.5, 0.6) is 0 Å². The lowest BCUT2D eigenvalue weighted by molar-refractivity contribution is 0.321. The van der Waals surface area contributed by atoms with E-state index >= 15 is 0 Å². The Bertz CT molecular complexity index is 415. The van der Waals surface area contributed by atoms with Gasteiger partial charge in [0.25, 0.3) is 0 Å². The lowest BCUT2D eigenvalue weighted by atomic mass is 9.83. The highest BCUT2D eigenvalue weighted by molar-refractivity contribution is 5.19. The molecule has 2 N–H and O–H groups in total. The van der Waals surface area contributed by atoms with E-state index < -0.39 is 0 Å². The van der Waals surface area contributed by atoms with E-state index in [-0.39, 0.29) is 11.4 Å². The average molecular weight is 263 g/mol. The zero-order chi connectivity index (χ0) is 13.9. The smallest absolute Gasteiger partial charge is 0.123 e. The van der Waals surface area contributed by atoms with Crippen LogP contribution in [0.1, 0.15) is 51.5 Å². The zero-order valence-electron chi connectivity index (χ0n) is 12.2. The third-order valence-corrected chi connectivity index (χ3v) is 4.65. The Kier molecular flexibility index (Phi) is 4.62. The highest BCUT2D eigenvalue weighted by Gasteiger charge is 2.30. The van der Waals surface area contributed by atoms with Crippen molar-refractivity contribution < 1.29 is 4.39 Å². The highest BCUT2D eigenvalue weighted by Crippen LogP contribution is 2.34. The van der Waals surface area contributed by atoms with Gasteiger partial charge in [-0.15, -0.1) is 0 Å². The largest absolute Gasteiger partial charge is 0.325 e. The molecule has 0 spiro atoms. The van der Waals surface area contributed by atoms with E-state index in [9.17, 15) is 4.39 Å². The van der Waals surface area contributed by atoms with Crippen molar-refractivity contribution in [3.05, 3.63) is 35.6 Å².